The molecule has 102 valence electrons. The fourth-order valence-corrected chi connectivity index (χ4v) is 3.03. The molecule has 1 N–H and O–H groups in total. The fourth-order valence-electron chi connectivity index (χ4n) is 1.70. The molecule has 0 radical (unpaired) electrons. The van der Waals surface area contributed by atoms with Crippen LogP contribution >= 0.6 is 10.8 Å². The number of aryl methyl sites for hydroxylation is 1. The predicted molar refractivity (Wildman–Crippen MR) is 77.1 cm³/mol. The zero-order chi connectivity index (χ0) is 13.4. The van der Waals surface area contributed by atoms with Gasteiger partial charge in [-0.1, -0.05) is 50.5 Å². The Hall–Kier alpha value is -0.520. The van der Waals surface area contributed by atoms with Crippen molar-refractivity contribution in [1.82, 2.24) is 0 Å². The average molecular weight is 288 g/mol. The van der Waals surface area contributed by atoms with Gasteiger partial charge in [0.1, 0.15) is 0 Å². The number of benzene rings is 1. The van der Waals surface area contributed by atoms with Crippen LogP contribution in [0.3, 0.4) is 0 Å². The molecule has 3 nitrogen and oxygen atoms in total. The summed E-state index contributed by atoms with van der Waals surface area (Å²) in [5.74, 6) is 0.287. The Kier molecular flexibility index (Phi) is 6.75. The van der Waals surface area contributed by atoms with Gasteiger partial charge in [0.15, 0.2) is 0 Å². The van der Waals surface area contributed by atoms with E-state index in [4.69, 9.17) is 4.55 Å². The lowest BCUT2D eigenvalue weighted by Crippen LogP contribution is -1.92. The summed E-state index contributed by atoms with van der Waals surface area (Å²) in [5.41, 5.74) is 2.20. The second-order valence-corrected chi connectivity index (χ2v) is 7.67. The lowest BCUT2D eigenvalue weighted by molar-refractivity contribution is 0.503. The van der Waals surface area contributed by atoms with Crippen molar-refractivity contribution in [3.05, 3.63) is 35.4 Å². The zero-order valence-corrected chi connectivity index (χ0v) is 12.3. The Morgan fingerprint density at radius 1 is 1.06 bits per heavy atom. The molecular formula is C13H20O3S2. The van der Waals surface area contributed by atoms with Gasteiger partial charge in [-0.3, -0.25) is 4.55 Å². The van der Waals surface area contributed by atoms with Gasteiger partial charge in [-0.25, -0.2) is 0 Å². The summed E-state index contributed by atoms with van der Waals surface area (Å²) in [7, 11) is -3.39. The lowest BCUT2D eigenvalue weighted by atomic mass is 10.1. The maximum absolute atomic E-state index is 10.6. The molecule has 0 atom stereocenters. The Morgan fingerprint density at radius 2 is 1.67 bits per heavy atom. The largest absolute Gasteiger partial charge is 0.320 e. The van der Waals surface area contributed by atoms with Gasteiger partial charge >= 0.3 is 9.15 Å². The molecule has 0 fully saturated rings. The van der Waals surface area contributed by atoms with Gasteiger partial charge in [0.2, 0.25) is 0 Å². The van der Waals surface area contributed by atoms with Crippen LogP contribution in [0.25, 0.3) is 0 Å². The molecule has 0 saturated carbocycles. The van der Waals surface area contributed by atoms with Crippen LogP contribution in [-0.4, -0.2) is 13.0 Å². The van der Waals surface area contributed by atoms with Crippen molar-refractivity contribution in [3.8, 4) is 0 Å². The Bertz CT molecular complexity index is 438. The topological polar surface area (TPSA) is 54.4 Å². The second-order valence-electron chi connectivity index (χ2n) is 4.32. The highest BCUT2D eigenvalue weighted by Crippen LogP contribution is 2.18. The molecule has 18 heavy (non-hydrogen) atoms. The smallest absolute Gasteiger partial charge is 0.277 e. The van der Waals surface area contributed by atoms with Crippen LogP contribution in [0, 0.1) is 0 Å². The van der Waals surface area contributed by atoms with E-state index in [1.165, 1.54) is 31.2 Å². The minimum Gasteiger partial charge on any atom is -0.277 e. The third-order valence-electron chi connectivity index (χ3n) is 2.72. The van der Waals surface area contributed by atoms with Gasteiger partial charge in [0.05, 0.1) is 0 Å². The van der Waals surface area contributed by atoms with E-state index in [0.717, 1.165) is 12.0 Å². The minimum atomic E-state index is -3.94. The molecule has 0 aliphatic carbocycles. The minimum absolute atomic E-state index is 0.287. The Morgan fingerprint density at radius 3 is 2.22 bits per heavy atom. The number of rotatable bonds is 8. The van der Waals surface area contributed by atoms with Crippen molar-refractivity contribution in [2.75, 3.05) is 0 Å². The zero-order valence-electron chi connectivity index (χ0n) is 10.6. The van der Waals surface area contributed by atoms with E-state index in [0.29, 0.717) is 10.8 Å². The quantitative estimate of drug-likeness (QED) is 0.448. The van der Waals surface area contributed by atoms with Crippen LogP contribution < -0.4 is 0 Å². The van der Waals surface area contributed by atoms with Crippen LogP contribution in [-0.2, 0) is 21.3 Å². The molecule has 1 rings (SSSR count). The van der Waals surface area contributed by atoms with Gasteiger partial charge in [0.25, 0.3) is 0 Å². The molecular weight excluding hydrogens is 268 g/mol. The molecule has 5 heteroatoms. The molecule has 1 aromatic rings. The summed E-state index contributed by atoms with van der Waals surface area (Å²) in [4.78, 5) is 0. The summed E-state index contributed by atoms with van der Waals surface area (Å²) >= 11 is 0. The van der Waals surface area contributed by atoms with E-state index in [2.05, 4.69) is 6.92 Å². The first kappa shape index (κ1) is 15.5. The van der Waals surface area contributed by atoms with Crippen molar-refractivity contribution in [2.45, 2.75) is 44.8 Å². The van der Waals surface area contributed by atoms with Crippen LogP contribution in [0.4, 0.5) is 0 Å². The summed E-state index contributed by atoms with van der Waals surface area (Å²) in [6.07, 6.45) is 6.06. The molecule has 0 unspecified atom stereocenters. The van der Waals surface area contributed by atoms with Crippen LogP contribution in [0.2, 0.25) is 0 Å². The van der Waals surface area contributed by atoms with E-state index < -0.39 is 9.15 Å². The van der Waals surface area contributed by atoms with Crippen LogP contribution in [0.15, 0.2) is 24.3 Å². The third-order valence-corrected chi connectivity index (χ3v) is 4.71. The van der Waals surface area contributed by atoms with E-state index in [9.17, 15) is 8.42 Å². The number of hydrogen-bond acceptors (Lipinski definition) is 3. The second kappa shape index (κ2) is 7.81. The van der Waals surface area contributed by atoms with E-state index >= 15 is 0 Å². The van der Waals surface area contributed by atoms with Gasteiger partial charge < -0.3 is 0 Å². The highest BCUT2D eigenvalue weighted by atomic mass is 33.1. The maximum atomic E-state index is 10.6. The molecule has 0 aliphatic rings. The number of hydrogen-bond donors (Lipinski definition) is 1. The highest BCUT2D eigenvalue weighted by Gasteiger charge is 2.05. The first-order valence-corrected chi connectivity index (χ1v) is 9.15. The van der Waals surface area contributed by atoms with Gasteiger partial charge in [-0.05, 0) is 24.0 Å². The molecule has 0 saturated heterocycles. The van der Waals surface area contributed by atoms with Gasteiger partial charge in [-0.2, -0.15) is 8.42 Å². The van der Waals surface area contributed by atoms with Gasteiger partial charge in [0, 0.05) is 16.5 Å². The molecule has 0 amide bonds. The summed E-state index contributed by atoms with van der Waals surface area (Å²) in [5, 5.41) is 0. The molecule has 1 aromatic carbocycles. The third kappa shape index (κ3) is 7.03. The summed E-state index contributed by atoms with van der Waals surface area (Å²) < 4.78 is 29.8. The van der Waals surface area contributed by atoms with Crippen LogP contribution in [0.1, 0.15) is 43.7 Å². The molecule has 0 heterocycles. The SMILES string of the molecule is CCCCCCc1ccc(CSS(=O)(=O)O)cc1. The normalized spacial score (nSPS) is 11.7. The fraction of sp³-hybridized carbons (Fsp3) is 0.538. The number of unbranched alkanes of at least 4 members (excludes halogenated alkanes) is 3. The maximum Gasteiger partial charge on any atom is 0.320 e. The van der Waals surface area contributed by atoms with Crippen molar-refractivity contribution in [3.63, 3.8) is 0 Å². The summed E-state index contributed by atoms with van der Waals surface area (Å²) in [6.45, 7) is 2.20. The van der Waals surface area contributed by atoms with E-state index in [-0.39, 0.29) is 5.75 Å². The van der Waals surface area contributed by atoms with E-state index in [1.807, 2.05) is 24.3 Å². The first-order chi connectivity index (χ1) is 8.51. The highest BCUT2D eigenvalue weighted by molar-refractivity contribution is 8.69. The van der Waals surface area contributed by atoms with Crippen LogP contribution in [0.5, 0.6) is 0 Å². The summed E-state index contributed by atoms with van der Waals surface area (Å²) in [6, 6.07) is 7.92. The molecule has 0 aliphatic heterocycles. The van der Waals surface area contributed by atoms with Crippen molar-refractivity contribution in [2.24, 2.45) is 0 Å². The Labute approximate surface area is 113 Å². The Balaban J connectivity index is 2.38. The predicted octanol–water partition coefficient (Wildman–Crippen LogP) is 3.85. The van der Waals surface area contributed by atoms with Crippen molar-refractivity contribution in [1.29, 1.82) is 0 Å². The van der Waals surface area contributed by atoms with E-state index in [1.54, 1.807) is 0 Å². The molecule has 0 aromatic heterocycles. The monoisotopic (exact) mass is 288 g/mol. The lowest BCUT2D eigenvalue weighted by Gasteiger charge is -2.03. The first-order valence-electron chi connectivity index (χ1n) is 6.21. The van der Waals surface area contributed by atoms with Gasteiger partial charge in [-0.15, -0.1) is 0 Å². The molecule has 0 spiro atoms. The van der Waals surface area contributed by atoms with Crippen molar-refractivity contribution < 1.29 is 13.0 Å². The standard InChI is InChI=1S/C13H20O3S2/c1-2-3-4-5-6-12-7-9-13(10-8-12)11-17-18(14,15)16/h7-10H,2-6,11H2,1H3,(H,14,15,16). The molecule has 0 bridgehead atoms. The van der Waals surface area contributed by atoms with Crippen molar-refractivity contribution >= 4 is 19.9 Å². The average Bonchev–Trinajstić information content (AvgIpc) is 2.33.